The summed E-state index contributed by atoms with van der Waals surface area (Å²) >= 11 is 0. The molecule has 0 aliphatic carbocycles. The monoisotopic (exact) mass is 389 g/mol. The van der Waals surface area contributed by atoms with Gasteiger partial charge < -0.3 is 19.3 Å². The summed E-state index contributed by atoms with van der Waals surface area (Å²) in [6, 6.07) is 11.3. The van der Waals surface area contributed by atoms with Crippen LogP contribution in [0.25, 0.3) is 0 Å². The minimum Gasteiger partial charge on any atom is -0.493 e. The zero-order valence-corrected chi connectivity index (χ0v) is 15.9. The van der Waals surface area contributed by atoms with Crippen LogP contribution in [0.15, 0.2) is 42.5 Å². The van der Waals surface area contributed by atoms with Gasteiger partial charge >= 0.3 is 5.97 Å². The van der Waals surface area contributed by atoms with Crippen LogP contribution in [0.4, 0.5) is 4.39 Å². The van der Waals surface area contributed by atoms with Crippen molar-refractivity contribution in [3.8, 4) is 11.5 Å². The van der Waals surface area contributed by atoms with Crippen molar-refractivity contribution in [3.05, 3.63) is 59.4 Å². The number of benzene rings is 2. The summed E-state index contributed by atoms with van der Waals surface area (Å²) in [4.78, 5) is 13.8. The van der Waals surface area contributed by atoms with Crippen molar-refractivity contribution in [2.45, 2.75) is 25.2 Å². The second kappa shape index (κ2) is 9.03. The van der Waals surface area contributed by atoms with E-state index < -0.39 is 18.0 Å². The van der Waals surface area contributed by atoms with E-state index in [0.29, 0.717) is 43.1 Å². The largest absolute Gasteiger partial charge is 0.493 e. The lowest BCUT2D eigenvalue weighted by Gasteiger charge is -2.36. The minimum atomic E-state index is -0.702. The summed E-state index contributed by atoms with van der Waals surface area (Å²) in [5.74, 6) is -0.0718. The molecule has 0 amide bonds. The molecule has 0 saturated carbocycles. The molecule has 0 spiro atoms. The van der Waals surface area contributed by atoms with E-state index in [2.05, 4.69) is 4.90 Å². The summed E-state index contributed by atoms with van der Waals surface area (Å²) in [6.07, 6.45) is -0.498. The summed E-state index contributed by atoms with van der Waals surface area (Å²) in [5.41, 5.74) is 1.47. The highest BCUT2D eigenvalue weighted by molar-refractivity contribution is 5.89. The van der Waals surface area contributed by atoms with Crippen LogP contribution >= 0.6 is 0 Å². The fourth-order valence-electron chi connectivity index (χ4n) is 3.33. The molecule has 1 aliphatic rings. The van der Waals surface area contributed by atoms with E-state index in [1.165, 1.54) is 32.4 Å². The fraction of sp³-hybridized carbons (Fsp3) is 0.381. The molecule has 7 heteroatoms. The van der Waals surface area contributed by atoms with Crippen molar-refractivity contribution in [2.75, 3.05) is 27.3 Å². The number of methoxy groups -OCH3 is 2. The molecule has 2 aromatic carbocycles. The molecule has 150 valence electrons. The Morgan fingerprint density at radius 2 is 2.04 bits per heavy atom. The zero-order valence-electron chi connectivity index (χ0n) is 15.9. The van der Waals surface area contributed by atoms with Crippen molar-refractivity contribution < 1.29 is 28.5 Å². The van der Waals surface area contributed by atoms with Gasteiger partial charge in [0, 0.05) is 25.7 Å². The van der Waals surface area contributed by atoms with Gasteiger partial charge in [-0.3, -0.25) is 4.90 Å². The predicted octanol–water partition coefficient (Wildman–Crippen LogP) is 2.64. The molecule has 2 aromatic rings. The molecule has 1 saturated heterocycles. The van der Waals surface area contributed by atoms with Crippen LogP contribution in [0.3, 0.4) is 0 Å². The van der Waals surface area contributed by atoms with E-state index in [9.17, 15) is 14.3 Å². The zero-order chi connectivity index (χ0) is 20.1. The number of hydrogen-bond acceptors (Lipinski definition) is 6. The molecule has 3 rings (SSSR count). The van der Waals surface area contributed by atoms with E-state index in [1.54, 1.807) is 12.1 Å². The predicted molar refractivity (Wildman–Crippen MR) is 101 cm³/mol. The maximum atomic E-state index is 13.3. The van der Waals surface area contributed by atoms with Gasteiger partial charge in [0.15, 0.2) is 11.5 Å². The molecule has 1 aliphatic heterocycles. The van der Waals surface area contributed by atoms with Crippen LogP contribution in [0.1, 0.15) is 22.3 Å². The van der Waals surface area contributed by atoms with E-state index in [0.717, 1.165) is 5.56 Å². The summed E-state index contributed by atoms with van der Waals surface area (Å²) in [6.45, 7) is 1.75. The number of piperidine rings is 1. The van der Waals surface area contributed by atoms with Gasteiger partial charge in [0.2, 0.25) is 0 Å². The first-order valence-corrected chi connectivity index (χ1v) is 9.08. The number of rotatable bonds is 6. The fourth-order valence-corrected chi connectivity index (χ4v) is 3.33. The Morgan fingerprint density at radius 1 is 1.21 bits per heavy atom. The second-order valence-corrected chi connectivity index (χ2v) is 6.73. The average molecular weight is 389 g/mol. The number of carbonyl (C=O) groups excluding carboxylic acids is 1. The summed E-state index contributed by atoms with van der Waals surface area (Å²) < 4.78 is 29.1. The molecule has 1 fully saturated rings. The molecule has 0 radical (unpaired) electrons. The highest BCUT2D eigenvalue weighted by Gasteiger charge is 2.30. The summed E-state index contributed by atoms with van der Waals surface area (Å²) in [5, 5.41) is 10.5. The van der Waals surface area contributed by atoms with E-state index in [-0.39, 0.29) is 5.97 Å². The minimum absolute atomic E-state index is 0.300. The normalized spacial score (nSPS) is 19.9. The highest BCUT2D eigenvalue weighted by Crippen LogP contribution is 2.30. The van der Waals surface area contributed by atoms with Gasteiger partial charge in [-0.15, -0.1) is 0 Å². The van der Waals surface area contributed by atoms with Crippen LogP contribution < -0.4 is 9.47 Å². The Balaban J connectivity index is 1.60. The molecule has 6 nitrogen and oxygen atoms in total. The Labute approximate surface area is 163 Å². The van der Waals surface area contributed by atoms with Gasteiger partial charge in [-0.2, -0.15) is 0 Å². The standard InChI is InChI=1S/C21H24FNO5/c1-26-20-11-16(22)6-7-19(20)28-18-8-9-23(13-17(18)24)12-14-4-3-5-15(10-14)21(25)27-2/h3-7,10-11,17-18,24H,8-9,12-13H2,1-2H3/t17-,18-/m1/s1. The highest BCUT2D eigenvalue weighted by atomic mass is 19.1. The number of esters is 1. The van der Waals surface area contributed by atoms with E-state index in [1.807, 2.05) is 12.1 Å². The number of aliphatic hydroxyl groups is 1. The van der Waals surface area contributed by atoms with Crippen LogP contribution in [-0.4, -0.2) is 55.5 Å². The van der Waals surface area contributed by atoms with Crippen LogP contribution in [0, 0.1) is 5.82 Å². The van der Waals surface area contributed by atoms with Gasteiger partial charge in [-0.1, -0.05) is 12.1 Å². The first-order chi connectivity index (χ1) is 13.5. The maximum absolute atomic E-state index is 13.3. The first-order valence-electron chi connectivity index (χ1n) is 9.08. The van der Waals surface area contributed by atoms with Gasteiger partial charge in [0.1, 0.15) is 18.0 Å². The summed E-state index contributed by atoms with van der Waals surface area (Å²) in [7, 11) is 2.80. The van der Waals surface area contributed by atoms with Gasteiger partial charge in [0.25, 0.3) is 0 Å². The quantitative estimate of drug-likeness (QED) is 0.766. The Bertz CT molecular complexity index is 828. The number of nitrogens with zero attached hydrogens (tertiary/aromatic N) is 1. The lowest BCUT2D eigenvalue weighted by molar-refractivity contribution is -0.0283. The molecule has 1 heterocycles. The van der Waals surface area contributed by atoms with Crippen molar-refractivity contribution in [1.82, 2.24) is 4.90 Å². The molecular formula is C21H24FNO5. The van der Waals surface area contributed by atoms with Crippen LogP contribution in [0.5, 0.6) is 11.5 Å². The van der Waals surface area contributed by atoms with E-state index >= 15 is 0 Å². The molecule has 28 heavy (non-hydrogen) atoms. The van der Waals surface area contributed by atoms with E-state index in [4.69, 9.17) is 14.2 Å². The molecule has 0 aromatic heterocycles. The molecular weight excluding hydrogens is 365 g/mol. The topological polar surface area (TPSA) is 68.2 Å². The number of aliphatic hydroxyl groups excluding tert-OH is 1. The molecule has 0 bridgehead atoms. The SMILES string of the molecule is COC(=O)c1cccc(CN2CC[C@@H](Oc3ccc(F)cc3OC)[C@H](O)C2)c1. The third-order valence-electron chi connectivity index (χ3n) is 4.76. The number of ether oxygens (including phenoxy) is 3. The third-order valence-corrected chi connectivity index (χ3v) is 4.76. The Hall–Kier alpha value is -2.64. The number of likely N-dealkylation sites (tertiary alicyclic amines) is 1. The van der Waals surface area contributed by atoms with Crippen molar-refractivity contribution in [3.63, 3.8) is 0 Å². The maximum Gasteiger partial charge on any atom is 0.337 e. The van der Waals surface area contributed by atoms with Gasteiger partial charge in [0.05, 0.1) is 19.8 Å². The van der Waals surface area contributed by atoms with Gasteiger partial charge in [-0.25, -0.2) is 9.18 Å². The van der Waals surface area contributed by atoms with Gasteiger partial charge in [-0.05, 0) is 36.2 Å². The van der Waals surface area contributed by atoms with Crippen molar-refractivity contribution >= 4 is 5.97 Å². The Kier molecular flexibility index (Phi) is 6.49. The first kappa shape index (κ1) is 20.1. The smallest absolute Gasteiger partial charge is 0.337 e. The third kappa shape index (κ3) is 4.79. The van der Waals surface area contributed by atoms with Crippen LogP contribution in [0.2, 0.25) is 0 Å². The number of halogens is 1. The Morgan fingerprint density at radius 3 is 2.75 bits per heavy atom. The van der Waals surface area contributed by atoms with Crippen molar-refractivity contribution in [2.24, 2.45) is 0 Å². The van der Waals surface area contributed by atoms with Crippen molar-refractivity contribution in [1.29, 1.82) is 0 Å². The number of β-amino-alcohol motifs (C(OH)–C–C–N with tert-alkyl or cyclic N) is 1. The number of hydrogen-bond donors (Lipinski definition) is 1. The molecule has 1 N–H and O–H groups in total. The second-order valence-electron chi connectivity index (χ2n) is 6.73. The molecule has 0 unspecified atom stereocenters. The average Bonchev–Trinajstić information content (AvgIpc) is 2.70. The number of carbonyl (C=O) groups is 1. The van der Waals surface area contributed by atoms with Crippen LogP contribution in [-0.2, 0) is 11.3 Å². The lowest BCUT2D eigenvalue weighted by atomic mass is 10.0. The lowest BCUT2D eigenvalue weighted by Crippen LogP contribution is -2.48. The molecule has 2 atom stereocenters.